The number of hydrogen-bond donors (Lipinski definition) is 1. The lowest BCUT2D eigenvalue weighted by Gasteiger charge is -2.07. The Morgan fingerprint density at radius 2 is 1.89 bits per heavy atom. The molecule has 0 saturated carbocycles. The third-order valence-corrected chi connectivity index (χ3v) is 2.79. The maximum atomic E-state index is 12.7. The van der Waals surface area contributed by atoms with Crippen LogP contribution in [0.15, 0.2) is 36.5 Å². The normalized spacial score (nSPS) is 10.7. The van der Waals surface area contributed by atoms with E-state index in [4.69, 9.17) is 5.73 Å². The minimum absolute atomic E-state index is 0.156. The van der Waals surface area contributed by atoms with Gasteiger partial charge in [-0.25, -0.2) is 13.8 Å². The second-order valence-corrected chi connectivity index (χ2v) is 4.07. The number of anilines is 1. The molecule has 1 aromatic carbocycles. The predicted molar refractivity (Wildman–Crippen MR) is 68.8 cm³/mol. The van der Waals surface area contributed by atoms with Gasteiger partial charge in [0.05, 0.1) is 5.56 Å². The van der Waals surface area contributed by atoms with Gasteiger partial charge in [-0.15, -0.1) is 0 Å². The quantitative estimate of drug-likeness (QED) is 0.862. The van der Waals surface area contributed by atoms with E-state index in [0.29, 0.717) is 12.0 Å². The molecule has 1 heterocycles. The molecule has 1 aromatic heterocycles. The van der Waals surface area contributed by atoms with Gasteiger partial charge in [0, 0.05) is 18.2 Å². The molecule has 98 valence electrons. The Labute approximate surface area is 109 Å². The summed E-state index contributed by atoms with van der Waals surface area (Å²) in [7, 11) is 0. The summed E-state index contributed by atoms with van der Waals surface area (Å²) in [6, 6.07) is 8.43. The fourth-order valence-corrected chi connectivity index (χ4v) is 1.75. The molecule has 0 unspecified atom stereocenters. The SMILES string of the molecule is Nc1ncc(-c2ccc(CC=O)cc2)cc1C(F)F. The van der Waals surface area contributed by atoms with Crippen molar-refractivity contribution in [3.05, 3.63) is 47.7 Å². The molecular weight excluding hydrogens is 250 g/mol. The molecule has 0 aliphatic heterocycles. The van der Waals surface area contributed by atoms with Crippen LogP contribution in [0.2, 0.25) is 0 Å². The first-order valence-electron chi connectivity index (χ1n) is 5.68. The van der Waals surface area contributed by atoms with Gasteiger partial charge in [-0.3, -0.25) is 0 Å². The van der Waals surface area contributed by atoms with Gasteiger partial charge in [0.1, 0.15) is 12.1 Å². The van der Waals surface area contributed by atoms with Crippen molar-refractivity contribution in [3.63, 3.8) is 0 Å². The number of aromatic nitrogens is 1. The fraction of sp³-hybridized carbons (Fsp3) is 0.143. The van der Waals surface area contributed by atoms with Gasteiger partial charge in [0.25, 0.3) is 6.43 Å². The Morgan fingerprint density at radius 3 is 2.47 bits per heavy atom. The average molecular weight is 262 g/mol. The van der Waals surface area contributed by atoms with E-state index in [1.54, 1.807) is 24.3 Å². The van der Waals surface area contributed by atoms with Crippen molar-refractivity contribution in [2.45, 2.75) is 12.8 Å². The lowest BCUT2D eigenvalue weighted by atomic mass is 10.0. The lowest BCUT2D eigenvalue weighted by Crippen LogP contribution is -1.98. The Bertz CT molecular complexity index is 582. The molecule has 0 fully saturated rings. The number of hydrogen-bond acceptors (Lipinski definition) is 3. The number of rotatable bonds is 4. The van der Waals surface area contributed by atoms with E-state index in [9.17, 15) is 13.6 Å². The van der Waals surface area contributed by atoms with E-state index in [1.807, 2.05) is 0 Å². The molecule has 2 N–H and O–H groups in total. The van der Waals surface area contributed by atoms with Gasteiger partial charge in [0.15, 0.2) is 0 Å². The van der Waals surface area contributed by atoms with Crippen LogP contribution in [0.4, 0.5) is 14.6 Å². The van der Waals surface area contributed by atoms with Gasteiger partial charge in [-0.1, -0.05) is 24.3 Å². The fourth-order valence-electron chi connectivity index (χ4n) is 1.75. The number of nitrogen functional groups attached to an aromatic ring is 1. The van der Waals surface area contributed by atoms with Crippen LogP contribution in [-0.4, -0.2) is 11.3 Å². The molecule has 0 aliphatic rings. The largest absolute Gasteiger partial charge is 0.383 e. The smallest absolute Gasteiger partial charge is 0.267 e. The molecule has 0 radical (unpaired) electrons. The summed E-state index contributed by atoms with van der Waals surface area (Å²) in [5, 5.41) is 0. The number of aldehydes is 1. The van der Waals surface area contributed by atoms with Crippen LogP contribution in [0.25, 0.3) is 11.1 Å². The molecule has 0 atom stereocenters. The predicted octanol–water partition coefficient (Wildman–Crippen LogP) is 3.01. The topological polar surface area (TPSA) is 56.0 Å². The number of alkyl halides is 2. The Hall–Kier alpha value is -2.30. The number of pyridine rings is 1. The van der Waals surface area contributed by atoms with E-state index in [-0.39, 0.29) is 11.4 Å². The van der Waals surface area contributed by atoms with Gasteiger partial charge in [-0.05, 0) is 17.2 Å². The highest BCUT2D eigenvalue weighted by atomic mass is 19.3. The summed E-state index contributed by atoms with van der Waals surface area (Å²) in [4.78, 5) is 14.2. The first kappa shape index (κ1) is 13.1. The zero-order valence-electron chi connectivity index (χ0n) is 10.0. The van der Waals surface area contributed by atoms with Crippen LogP contribution in [0.5, 0.6) is 0 Å². The van der Waals surface area contributed by atoms with Crippen molar-refractivity contribution >= 4 is 12.1 Å². The van der Waals surface area contributed by atoms with Crippen molar-refractivity contribution in [2.24, 2.45) is 0 Å². The van der Waals surface area contributed by atoms with Gasteiger partial charge >= 0.3 is 0 Å². The monoisotopic (exact) mass is 262 g/mol. The summed E-state index contributed by atoms with van der Waals surface area (Å²) in [5.41, 5.74) is 7.33. The molecule has 2 rings (SSSR count). The minimum Gasteiger partial charge on any atom is -0.383 e. The third kappa shape index (κ3) is 2.93. The molecule has 19 heavy (non-hydrogen) atoms. The molecule has 0 bridgehead atoms. The number of nitrogens with zero attached hydrogens (tertiary/aromatic N) is 1. The summed E-state index contributed by atoms with van der Waals surface area (Å²) < 4.78 is 25.5. The van der Waals surface area contributed by atoms with Crippen LogP contribution in [0.1, 0.15) is 17.6 Å². The molecule has 0 aliphatic carbocycles. The number of carbonyl (C=O) groups excluding carboxylic acids is 1. The number of benzene rings is 1. The summed E-state index contributed by atoms with van der Waals surface area (Å²) in [6.45, 7) is 0. The molecular formula is C14H12F2N2O. The van der Waals surface area contributed by atoms with Crippen molar-refractivity contribution in [3.8, 4) is 11.1 Å². The van der Waals surface area contributed by atoms with Crippen LogP contribution in [0.3, 0.4) is 0 Å². The lowest BCUT2D eigenvalue weighted by molar-refractivity contribution is -0.107. The first-order chi connectivity index (χ1) is 9.11. The maximum Gasteiger partial charge on any atom is 0.267 e. The molecule has 0 spiro atoms. The highest BCUT2D eigenvalue weighted by Gasteiger charge is 2.13. The summed E-state index contributed by atoms with van der Waals surface area (Å²) in [5.74, 6) is -0.156. The summed E-state index contributed by atoms with van der Waals surface area (Å²) >= 11 is 0. The second-order valence-electron chi connectivity index (χ2n) is 4.07. The van der Waals surface area contributed by atoms with E-state index >= 15 is 0 Å². The van der Waals surface area contributed by atoms with E-state index in [0.717, 1.165) is 17.4 Å². The average Bonchev–Trinajstić information content (AvgIpc) is 2.40. The van der Waals surface area contributed by atoms with Crippen molar-refractivity contribution < 1.29 is 13.6 Å². The molecule has 2 aromatic rings. The molecule has 0 amide bonds. The number of halogens is 2. The minimum atomic E-state index is -2.65. The highest BCUT2D eigenvalue weighted by molar-refractivity contribution is 5.66. The maximum absolute atomic E-state index is 12.7. The van der Waals surface area contributed by atoms with Crippen LogP contribution in [-0.2, 0) is 11.2 Å². The standard InChI is InChI=1S/C14H12F2N2O/c15-13(16)12-7-11(8-18-14(12)17)10-3-1-9(2-4-10)5-6-19/h1-4,6-8,13H,5H2,(H2,17,18). The highest BCUT2D eigenvalue weighted by Crippen LogP contribution is 2.28. The van der Waals surface area contributed by atoms with Crippen LogP contribution >= 0.6 is 0 Å². The van der Waals surface area contributed by atoms with E-state index in [1.165, 1.54) is 12.3 Å². The van der Waals surface area contributed by atoms with Gasteiger partial charge in [0.2, 0.25) is 0 Å². The molecule has 0 saturated heterocycles. The number of carbonyl (C=O) groups is 1. The van der Waals surface area contributed by atoms with Crippen molar-refractivity contribution in [2.75, 3.05) is 5.73 Å². The molecule has 5 heteroatoms. The van der Waals surface area contributed by atoms with Gasteiger partial charge < -0.3 is 10.5 Å². The number of nitrogens with two attached hydrogens (primary N) is 1. The van der Waals surface area contributed by atoms with Crippen molar-refractivity contribution in [1.82, 2.24) is 4.98 Å². The van der Waals surface area contributed by atoms with Gasteiger partial charge in [-0.2, -0.15) is 0 Å². The Balaban J connectivity index is 2.36. The first-order valence-corrected chi connectivity index (χ1v) is 5.68. The summed E-state index contributed by atoms with van der Waals surface area (Å²) in [6.07, 6.45) is -0.0468. The zero-order valence-corrected chi connectivity index (χ0v) is 10.0. The second kappa shape index (κ2) is 5.56. The van der Waals surface area contributed by atoms with Crippen LogP contribution < -0.4 is 5.73 Å². The van der Waals surface area contributed by atoms with E-state index < -0.39 is 6.43 Å². The Kier molecular flexibility index (Phi) is 3.85. The third-order valence-electron chi connectivity index (χ3n) is 2.79. The van der Waals surface area contributed by atoms with Crippen LogP contribution in [0, 0.1) is 0 Å². The molecule has 3 nitrogen and oxygen atoms in total. The Morgan fingerprint density at radius 1 is 1.21 bits per heavy atom. The van der Waals surface area contributed by atoms with E-state index in [2.05, 4.69) is 4.98 Å². The zero-order chi connectivity index (χ0) is 13.8. The van der Waals surface area contributed by atoms with Crippen molar-refractivity contribution in [1.29, 1.82) is 0 Å².